The second-order valence-corrected chi connectivity index (χ2v) is 6.62. The Balaban J connectivity index is 1.82. The molecular formula is C18H25NO5. The molecule has 0 spiro atoms. The molecule has 0 saturated carbocycles. The molecule has 132 valence electrons. The van der Waals surface area contributed by atoms with E-state index in [2.05, 4.69) is 0 Å². The molecule has 0 radical (unpaired) electrons. The van der Waals surface area contributed by atoms with Crippen molar-refractivity contribution in [1.82, 2.24) is 4.90 Å². The molecule has 1 aromatic heterocycles. The average Bonchev–Trinajstić information content (AvgIpc) is 3.06. The topological polar surface area (TPSA) is 80.0 Å². The number of rotatable bonds is 4. The number of piperidine rings is 1. The number of carbonyl (C=O) groups is 2. The van der Waals surface area contributed by atoms with E-state index in [9.17, 15) is 14.7 Å². The summed E-state index contributed by atoms with van der Waals surface area (Å²) in [5.41, 5.74) is 0.0977. The maximum Gasteiger partial charge on any atom is 0.339 e. The van der Waals surface area contributed by atoms with Crippen LogP contribution < -0.4 is 0 Å². The number of hydrogen-bond acceptors (Lipinski definition) is 4. The van der Waals surface area contributed by atoms with E-state index in [1.807, 2.05) is 11.8 Å². The Kier molecular flexibility index (Phi) is 5.23. The Morgan fingerprint density at radius 3 is 2.62 bits per heavy atom. The number of aromatic carboxylic acids is 1. The molecule has 6 heteroatoms. The zero-order valence-electron chi connectivity index (χ0n) is 14.1. The van der Waals surface area contributed by atoms with Gasteiger partial charge in [-0.3, -0.25) is 4.79 Å². The fourth-order valence-electron chi connectivity index (χ4n) is 3.92. The third kappa shape index (κ3) is 3.34. The minimum atomic E-state index is -1.05. The van der Waals surface area contributed by atoms with E-state index in [1.165, 1.54) is 6.07 Å². The number of nitrogens with zero attached hydrogens (tertiary/aromatic N) is 1. The number of furan rings is 1. The highest BCUT2D eigenvalue weighted by Gasteiger charge is 2.35. The molecule has 0 aliphatic carbocycles. The Hall–Kier alpha value is -1.82. The summed E-state index contributed by atoms with van der Waals surface area (Å²) in [6, 6.07) is 1.60. The van der Waals surface area contributed by atoms with Crippen molar-refractivity contribution in [2.75, 3.05) is 19.8 Å². The van der Waals surface area contributed by atoms with Crippen molar-refractivity contribution in [3.8, 4) is 0 Å². The Morgan fingerprint density at radius 1 is 1.25 bits per heavy atom. The van der Waals surface area contributed by atoms with Gasteiger partial charge in [0, 0.05) is 38.3 Å². The summed E-state index contributed by atoms with van der Waals surface area (Å²) in [5, 5.41) is 9.26. The number of carbonyl (C=O) groups excluding carboxylic acids is 1. The quantitative estimate of drug-likeness (QED) is 0.915. The number of aryl methyl sites for hydroxylation is 1. The number of carboxylic acids is 1. The van der Waals surface area contributed by atoms with E-state index in [-0.39, 0.29) is 23.3 Å². The van der Waals surface area contributed by atoms with Crippen molar-refractivity contribution < 1.29 is 23.8 Å². The molecule has 1 amide bonds. The first kappa shape index (κ1) is 17.0. The van der Waals surface area contributed by atoms with Crippen molar-refractivity contribution >= 4 is 11.9 Å². The van der Waals surface area contributed by atoms with E-state index in [4.69, 9.17) is 9.15 Å². The molecular weight excluding hydrogens is 310 g/mol. The number of ether oxygens (including phenoxy) is 1. The molecule has 0 bridgehead atoms. The third-order valence-electron chi connectivity index (χ3n) is 5.19. The second kappa shape index (κ2) is 7.38. The van der Waals surface area contributed by atoms with Gasteiger partial charge in [0.1, 0.15) is 11.3 Å². The molecule has 1 N–H and O–H groups in total. The summed E-state index contributed by atoms with van der Waals surface area (Å²) < 4.78 is 11.0. The predicted octanol–water partition coefficient (Wildman–Crippen LogP) is 2.96. The van der Waals surface area contributed by atoms with Gasteiger partial charge in [0.05, 0.1) is 0 Å². The molecule has 24 heavy (non-hydrogen) atoms. The second-order valence-electron chi connectivity index (χ2n) is 6.62. The minimum absolute atomic E-state index is 0.0977. The molecule has 1 aromatic rings. The van der Waals surface area contributed by atoms with Crippen molar-refractivity contribution in [3.63, 3.8) is 0 Å². The first-order valence-electron chi connectivity index (χ1n) is 8.86. The lowest BCUT2D eigenvalue weighted by Gasteiger charge is -2.41. The van der Waals surface area contributed by atoms with Crippen molar-refractivity contribution in [3.05, 3.63) is 23.2 Å². The van der Waals surface area contributed by atoms with Crippen LogP contribution in [0.25, 0.3) is 0 Å². The molecule has 2 saturated heterocycles. The van der Waals surface area contributed by atoms with Crippen molar-refractivity contribution in [2.45, 2.75) is 51.5 Å². The molecule has 2 aliphatic rings. The van der Waals surface area contributed by atoms with E-state index >= 15 is 0 Å². The Labute approximate surface area is 141 Å². The zero-order valence-corrected chi connectivity index (χ0v) is 14.1. The van der Waals surface area contributed by atoms with Crippen LogP contribution in [0.1, 0.15) is 65.7 Å². The van der Waals surface area contributed by atoms with Crippen molar-refractivity contribution in [1.29, 1.82) is 0 Å². The summed E-state index contributed by atoms with van der Waals surface area (Å²) in [4.78, 5) is 26.2. The number of carboxylic acid groups (broad SMARTS) is 1. The van der Waals surface area contributed by atoms with Crippen LogP contribution in [0.15, 0.2) is 10.5 Å². The van der Waals surface area contributed by atoms with E-state index in [1.54, 1.807) is 0 Å². The third-order valence-corrected chi connectivity index (χ3v) is 5.19. The number of hydrogen-bond donors (Lipinski definition) is 1. The molecule has 2 aliphatic heterocycles. The molecule has 2 fully saturated rings. The van der Waals surface area contributed by atoms with Gasteiger partial charge in [-0.25, -0.2) is 4.79 Å². The van der Waals surface area contributed by atoms with Gasteiger partial charge >= 0.3 is 5.97 Å². The first-order valence-corrected chi connectivity index (χ1v) is 8.86. The van der Waals surface area contributed by atoms with Gasteiger partial charge in [0.2, 0.25) is 0 Å². The normalized spacial score (nSPS) is 22.5. The van der Waals surface area contributed by atoms with Gasteiger partial charge in [-0.05, 0) is 38.0 Å². The van der Waals surface area contributed by atoms with Crippen LogP contribution >= 0.6 is 0 Å². The monoisotopic (exact) mass is 335 g/mol. The average molecular weight is 335 g/mol. The smallest absolute Gasteiger partial charge is 0.339 e. The van der Waals surface area contributed by atoms with Gasteiger partial charge < -0.3 is 19.2 Å². The van der Waals surface area contributed by atoms with E-state index < -0.39 is 5.97 Å². The Bertz CT molecular complexity index is 603. The molecule has 6 nitrogen and oxygen atoms in total. The summed E-state index contributed by atoms with van der Waals surface area (Å²) >= 11 is 0. The largest absolute Gasteiger partial charge is 0.478 e. The highest BCUT2D eigenvalue weighted by molar-refractivity contribution is 5.96. The number of amides is 1. The fourth-order valence-corrected chi connectivity index (χ4v) is 3.92. The summed E-state index contributed by atoms with van der Waals surface area (Å²) in [6.07, 6.45) is 5.53. The minimum Gasteiger partial charge on any atom is -0.478 e. The first-order chi connectivity index (χ1) is 11.6. The fraction of sp³-hybridized carbons (Fsp3) is 0.667. The molecule has 1 unspecified atom stereocenters. The van der Waals surface area contributed by atoms with Gasteiger partial charge in [-0.1, -0.05) is 6.92 Å². The summed E-state index contributed by atoms with van der Waals surface area (Å²) in [5.74, 6) is -0.237. The van der Waals surface area contributed by atoms with Gasteiger partial charge in [0.25, 0.3) is 5.91 Å². The van der Waals surface area contributed by atoms with Gasteiger partial charge in [-0.2, -0.15) is 0 Å². The van der Waals surface area contributed by atoms with E-state index in [0.29, 0.717) is 24.6 Å². The Morgan fingerprint density at radius 2 is 2.00 bits per heavy atom. The highest BCUT2D eigenvalue weighted by Crippen LogP contribution is 2.31. The lowest BCUT2D eigenvalue weighted by Crippen LogP contribution is -2.48. The SMILES string of the molecule is CCc1oc(C(=O)N2CCCCC2C2CCOCC2)cc1C(=O)O. The maximum absolute atomic E-state index is 13.0. The van der Waals surface area contributed by atoms with Gasteiger partial charge in [-0.15, -0.1) is 0 Å². The van der Waals surface area contributed by atoms with Gasteiger partial charge in [0.15, 0.2) is 5.76 Å². The van der Waals surface area contributed by atoms with Crippen LogP contribution in [-0.4, -0.2) is 47.7 Å². The maximum atomic E-state index is 13.0. The molecule has 1 atom stereocenters. The van der Waals surface area contributed by atoms with Crippen LogP contribution in [0, 0.1) is 5.92 Å². The van der Waals surface area contributed by atoms with Crippen LogP contribution in [0.4, 0.5) is 0 Å². The summed E-state index contributed by atoms with van der Waals surface area (Å²) in [7, 11) is 0. The molecule has 3 heterocycles. The highest BCUT2D eigenvalue weighted by atomic mass is 16.5. The van der Waals surface area contributed by atoms with Crippen LogP contribution in [-0.2, 0) is 11.2 Å². The van der Waals surface area contributed by atoms with Crippen LogP contribution in [0.2, 0.25) is 0 Å². The van der Waals surface area contributed by atoms with Crippen LogP contribution in [0.3, 0.4) is 0 Å². The van der Waals surface area contributed by atoms with Crippen LogP contribution in [0.5, 0.6) is 0 Å². The molecule has 0 aromatic carbocycles. The predicted molar refractivity (Wildman–Crippen MR) is 87.3 cm³/mol. The van der Waals surface area contributed by atoms with Crippen molar-refractivity contribution in [2.24, 2.45) is 5.92 Å². The number of likely N-dealkylation sites (tertiary alicyclic amines) is 1. The van der Waals surface area contributed by atoms with E-state index in [0.717, 1.165) is 45.3 Å². The summed E-state index contributed by atoms with van der Waals surface area (Å²) in [6.45, 7) is 4.05. The lowest BCUT2D eigenvalue weighted by atomic mass is 9.85. The molecule has 3 rings (SSSR count). The lowest BCUT2D eigenvalue weighted by molar-refractivity contribution is 0.0116. The standard InChI is InChI=1S/C18H25NO5/c1-2-15-13(18(21)22)11-16(24-15)17(20)19-8-4-3-5-14(19)12-6-9-23-10-7-12/h11-12,14H,2-10H2,1H3,(H,21,22). The zero-order chi connectivity index (χ0) is 17.1.